The van der Waals surface area contributed by atoms with Crippen molar-refractivity contribution in [2.24, 2.45) is 23.7 Å². The molecule has 0 aromatic heterocycles. The minimum absolute atomic E-state index is 0. The molecule has 5 atom stereocenters. The van der Waals surface area contributed by atoms with Crippen molar-refractivity contribution in [2.75, 3.05) is 13.1 Å². The highest BCUT2D eigenvalue weighted by Gasteiger charge is 2.68. The minimum Gasteiger partial charge on any atom is -0.388 e. The Bertz CT molecular complexity index is 321. The Morgan fingerprint density at radius 1 is 1.29 bits per heavy atom. The van der Waals surface area contributed by atoms with Crippen molar-refractivity contribution < 1.29 is 5.11 Å². The summed E-state index contributed by atoms with van der Waals surface area (Å²) in [6.07, 6.45) is 2.56. The summed E-state index contributed by atoms with van der Waals surface area (Å²) in [5.41, 5.74) is -0.123. The van der Waals surface area contributed by atoms with E-state index in [0.29, 0.717) is 17.4 Å². The monoisotopic (exact) mass is 234 g/mol. The molecule has 2 nitrogen and oxygen atoms in total. The normalized spacial score (nSPS) is 52.9. The number of aliphatic hydroxyl groups is 1. The number of hydrogen-bond donors (Lipinski definition) is 1. The van der Waals surface area contributed by atoms with E-state index in [4.69, 9.17) is 0 Å². The summed E-state index contributed by atoms with van der Waals surface area (Å²) in [5, 5.41) is 11.0. The Morgan fingerprint density at radius 3 is 2.53 bits per heavy atom. The third kappa shape index (κ3) is 1.36. The second-order valence-corrected chi connectivity index (χ2v) is 6.97. The number of β-amino-alcohol motifs (C(OH)–C–C–N with tert-alkyl or cyclic N) is 1. The van der Waals surface area contributed by atoms with Crippen molar-refractivity contribution in [2.45, 2.75) is 51.7 Å². The average Bonchev–Trinajstić information content (AvgIpc) is 2.71. The summed E-state index contributed by atoms with van der Waals surface area (Å²) >= 11 is 0. The van der Waals surface area contributed by atoms with Crippen LogP contribution in [0, 0.1) is 23.7 Å². The predicted molar refractivity (Wildman–Crippen MR) is 70.9 cm³/mol. The molecule has 3 heteroatoms. The van der Waals surface area contributed by atoms with E-state index >= 15 is 0 Å². The van der Waals surface area contributed by atoms with Crippen molar-refractivity contribution in [1.82, 2.24) is 4.90 Å². The van der Waals surface area contributed by atoms with Crippen LogP contribution in [-0.2, 0) is 0 Å². The minimum atomic E-state index is -0.427. The Balaban J connectivity index is 0.00000108. The van der Waals surface area contributed by atoms with Crippen molar-refractivity contribution in [3.63, 3.8) is 0 Å². The highest BCUT2D eigenvalue weighted by molar-refractivity contribution is 5.75. The van der Waals surface area contributed by atoms with Crippen molar-refractivity contribution in [1.29, 1.82) is 0 Å². The molecule has 17 heavy (non-hydrogen) atoms. The smallest absolute Gasteiger partial charge is 0.0842 e. The highest BCUT2D eigenvalue weighted by Crippen LogP contribution is 2.61. The van der Waals surface area contributed by atoms with Gasteiger partial charge in [0.05, 0.1) is 5.60 Å². The lowest BCUT2D eigenvalue weighted by atomic mass is 9.72. The van der Waals surface area contributed by atoms with E-state index in [2.05, 4.69) is 32.6 Å². The molecule has 3 rings (SSSR count). The molecule has 2 saturated heterocycles. The van der Waals surface area contributed by atoms with Gasteiger partial charge >= 0.3 is 0 Å². The van der Waals surface area contributed by atoms with Crippen LogP contribution in [0.15, 0.2) is 0 Å². The zero-order valence-corrected chi connectivity index (χ0v) is 11.6. The molecule has 0 amide bonds. The maximum absolute atomic E-state index is 11.0. The van der Waals surface area contributed by atoms with Gasteiger partial charge in [-0.15, -0.1) is 0 Å². The van der Waals surface area contributed by atoms with Gasteiger partial charge in [0.1, 0.15) is 0 Å². The molecular formula is C14H25BNO. The van der Waals surface area contributed by atoms with Crippen LogP contribution < -0.4 is 0 Å². The average molecular weight is 234 g/mol. The summed E-state index contributed by atoms with van der Waals surface area (Å²) in [7, 11) is 0. The standard InChI is InChI=1S/C14H25NO.B/c1-9(2)14(16)8-15-7-10(3)11-5-6-12(14)13(11,15)4;/h9-12,16H,5-8H2,1-4H3;/t10-,11+,12+,13-,14+;/m1./s1. The van der Waals surface area contributed by atoms with E-state index in [9.17, 15) is 5.11 Å². The lowest BCUT2D eigenvalue weighted by Gasteiger charge is -2.37. The molecule has 2 aliphatic heterocycles. The first-order chi connectivity index (χ1) is 7.40. The molecular weight excluding hydrogens is 209 g/mol. The number of hydrogen-bond acceptors (Lipinski definition) is 2. The van der Waals surface area contributed by atoms with Crippen LogP contribution in [0.5, 0.6) is 0 Å². The third-order valence-corrected chi connectivity index (χ3v) is 6.15. The number of nitrogens with zero attached hydrogens (tertiary/aromatic N) is 1. The summed E-state index contributed by atoms with van der Waals surface area (Å²) in [6.45, 7) is 11.3. The largest absolute Gasteiger partial charge is 0.388 e. The van der Waals surface area contributed by atoms with Crippen LogP contribution in [0.2, 0.25) is 0 Å². The predicted octanol–water partition coefficient (Wildman–Crippen LogP) is 1.74. The van der Waals surface area contributed by atoms with Crippen LogP contribution in [-0.4, -0.2) is 42.6 Å². The van der Waals surface area contributed by atoms with E-state index in [1.54, 1.807) is 0 Å². The zero-order chi connectivity index (χ0) is 11.7. The molecule has 1 N–H and O–H groups in total. The summed E-state index contributed by atoms with van der Waals surface area (Å²) in [6, 6.07) is 0. The molecule has 95 valence electrons. The molecule has 3 radical (unpaired) electrons. The van der Waals surface area contributed by atoms with Crippen LogP contribution in [0.25, 0.3) is 0 Å². The fraction of sp³-hybridized carbons (Fsp3) is 1.00. The Labute approximate surface area is 107 Å². The molecule has 2 heterocycles. The van der Waals surface area contributed by atoms with Crippen LogP contribution in [0.3, 0.4) is 0 Å². The first kappa shape index (κ1) is 13.4. The van der Waals surface area contributed by atoms with Gasteiger partial charge in [0, 0.05) is 33.0 Å². The summed E-state index contributed by atoms with van der Waals surface area (Å²) < 4.78 is 0. The molecule has 0 aromatic rings. The highest BCUT2D eigenvalue weighted by atomic mass is 16.3. The van der Waals surface area contributed by atoms with Gasteiger partial charge in [-0.1, -0.05) is 20.8 Å². The zero-order valence-electron chi connectivity index (χ0n) is 11.6. The van der Waals surface area contributed by atoms with Gasteiger partial charge in [-0.25, -0.2) is 0 Å². The number of rotatable bonds is 1. The van der Waals surface area contributed by atoms with Gasteiger partial charge in [-0.05, 0) is 37.5 Å². The maximum Gasteiger partial charge on any atom is 0.0842 e. The molecule has 1 aliphatic carbocycles. The van der Waals surface area contributed by atoms with Gasteiger partial charge in [-0.2, -0.15) is 0 Å². The first-order valence-corrected chi connectivity index (χ1v) is 6.88. The lowest BCUT2D eigenvalue weighted by Crippen LogP contribution is -2.46. The van der Waals surface area contributed by atoms with Gasteiger partial charge in [0.25, 0.3) is 0 Å². The molecule has 3 aliphatic rings. The fourth-order valence-corrected chi connectivity index (χ4v) is 5.17. The van der Waals surface area contributed by atoms with Gasteiger partial charge in [0.2, 0.25) is 0 Å². The van der Waals surface area contributed by atoms with Crippen molar-refractivity contribution >= 4 is 8.41 Å². The van der Waals surface area contributed by atoms with Crippen molar-refractivity contribution in [3.05, 3.63) is 0 Å². The quantitative estimate of drug-likeness (QED) is 0.698. The van der Waals surface area contributed by atoms with E-state index in [-0.39, 0.29) is 8.41 Å². The summed E-state index contributed by atoms with van der Waals surface area (Å²) in [4.78, 5) is 2.60. The molecule has 0 bridgehead atoms. The van der Waals surface area contributed by atoms with E-state index in [0.717, 1.165) is 18.4 Å². The van der Waals surface area contributed by atoms with Crippen LogP contribution in [0.4, 0.5) is 0 Å². The topological polar surface area (TPSA) is 23.5 Å². The second-order valence-electron chi connectivity index (χ2n) is 6.97. The molecule has 0 aromatic carbocycles. The van der Waals surface area contributed by atoms with Gasteiger partial charge < -0.3 is 5.11 Å². The summed E-state index contributed by atoms with van der Waals surface area (Å²) in [5.74, 6) is 2.54. The van der Waals surface area contributed by atoms with E-state index in [1.807, 2.05) is 0 Å². The SMILES string of the molecule is CC(C)[C@@]1(O)CN2C[C@@H](C)[C@@H]3CC[C@H]1[C@@]32C.[B]. The molecule has 0 unspecified atom stereocenters. The van der Waals surface area contributed by atoms with Crippen LogP contribution >= 0.6 is 0 Å². The second kappa shape index (κ2) is 3.74. The molecule has 3 fully saturated rings. The maximum atomic E-state index is 11.0. The van der Waals surface area contributed by atoms with Gasteiger partial charge in [-0.3, -0.25) is 4.90 Å². The van der Waals surface area contributed by atoms with Crippen LogP contribution in [0.1, 0.15) is 40.5 Å². The van der Waals surface area contributed by atoms with Gasteiger partial charge in [0.15, 0.2) is 0 Å². The Hall–Kier alpha value is -0.0151. The first-order valence-electron chi connectivity index (χ1n) is 6.88. The lowest BCUT2D eigenvalue weighted by molar-refractivity contribution is -0.0377. The van der Waals surface area contributed by atoms with E-state index in [1.165, 1.54) is 19.4 Å². The third-order valence-electron chi connectivity index (χ3n) is 6.15. The Morgan fingerprint density at radius 2 is 1.94 bits per heavy atom. The van der Waals surface area contributed by atoms with E-state index < -0.39 is 5.60 Å². The fourth-order valence-electron chi connectivity index (χ4n) is 5.17. The Kier molecular flexibility index (Phi) is 2.95. The van der Waals surface area contributed by atoms with Crippen molar-refractivity contribution in [3.8, 4) is 0 Å². The molecule has 0 spiro atoms. The molecule has 1 saturated carbocycles.